The van der Waals surface area contributed by atoms with E-state index >= 15 is 0 Å². The molecule has 174 valence electrons. The normalized spacial score (nSPS) is 17.4. The number of nitrogens with one attached hydrogen (secondary N) is 1. The van der Waals surface area contributed by atoms with Gasteiger partial charge in [-0.15, -0.1) is 11.3 Å². The average Bonchev–Trinajstić information content (AvgIpc) is 3.18. The number of hydrogen-bond acceptors (Lipinski definition) is 6. The first kappa shape index (κ1) is 25.3. The van der Waals surface area contributed by atoms with Gasteiger partial charge in [0.05, 0.1) is 11.9 Å². The van der Waals surface area contributed by atoms with Gasteiger partial charge in [0.15, 0.2) is 0 Å². The van der Waals surface area contributed by atoms with Crippen molar-refractivity contribution in [2.45, 2.75) is 39.2 Å². The van der Waals surface area contributed by atoms with Crippen molar-refractivity contribution in [1.29, 1.82) is 0 Å². The Morgan fingerprint density at radius 3 is 2.55 bits per heavy atom. The highest BCUT2D eigenvalue weighted by atomic mass is 32.2. The highest BCUT2D eigenvalue weighted by molar-refractivity contribution is 7.88. The van der Waals surface area contributed by atoms with E-state index in [-0.39, 0.29) is 0 Å². The number of thiophene rings is 1. The Balaban J connectivity index is 0.000000423. The summed E-state index contributed by atoms with van der Waals surface area (Å²) in [4.78, 5) is 14.0. The minimum absolute atomic E-state index is 0.376. The van der Waals surface area contributed by atoms with Crippen molar-refractivity contribution in [1.82, 2.24) is 19.4 Å². The number of alkyl halides is 3. The van der Waals surface area contributed by atoms with E-state index in [9.17, 15) is 21.6 Å². The molecule has 0 bridgehead atoms. The maximum absolute atomic E-state index is 11.3. The second kappa shape index (κ2) is 10.6. The Bertz CT molecular complexity index is 973. The zero-order chi connectivity index (χ0) is 23.2. The summed E-state index contributed by atoms with van der Waals surface area (Å²) in [6.07, 6.45) is -1.22. The Labute approximate surface area is 182 Å². The van der Waals surface area contributed by atoms with Crippen molar-refractivity contribution in [2.24, 2.45) is 5.92 Å². The molecule has 0 fully saturated rings. The van der Waals surface area contributed by atoms with Gasteiger partial charge < -0.3 is 5.11 Å². The first-order valence-electron chi connectivity index (χ1n) is 9.36. The van der Waals surface area contributed by atoms with Gasteiger partial charge in [-0.25, -0.2) is 17.9 Å². The third kappa shape index (κ3) is 8.97. The number of aryl methyl sites for hydroxylation is 1. The molecular formula is C18H25F3N4O4S2. The predicted octanol–water partition coefficient (Wildman–Crippen LogP) is 2.46. The van der Waals surface area contributed by atoms with Gasteiger partial charge >= 0.3 is 12.1 Å². The Hall–Kier alpha value is -1.96. The van der Waals surface area contributed by atoms with Crippen LogP contribution in [-0.4, -0.2) is 59.7 Å². The molecule has 2 aromatic heterocycles. The molecule has 3 heterocycles. The fourth-order valence-electron chi connectivity index (χ4n) is 3.16. The molecule has 1 aliphatic rings. The Kier molecular flexibility index (Phi) is 8.63. The quantitative estimate of drug-likeness (QED) is 0.656. The highest BCUT2D eigenvalue weighted by Gasteiger charge is 2.38. The number of nitrogens with zero attached hydrogens (tertiary/aromatic N) is 3. The van der Waals surface area contributed by atoms with Crippen LogP contribution < -0.4 is 4.72 Å². The second-order valence-corrected chi connectivity index (χ2v) is 10.5. The molecule has 8 nitrogen and oxygen atoms in total. The van der Waals surface area contributed by atoms with Crippen LogP contribution in [0.15, 0.2) is 24.4 Å². The molecular weight excluding hydrogens is 457 g/mol. The van der Waals surface area contributed by atoms with E-state index < -0.39 is 22.2 Å². The number of carboxylic acid groups (broad SMARTS) is 1. The number of aromatic nitrogens is 2. The molecule has 0 saturated carbocycles. The van der Waals surface area contributed by atoms with E-state index in [4.69, 9.17) is 9.90 Å². The molecule has 0 spiro atoms. The molecule has 1 aliphatic heterocycles. The molecule has 0 radical (unpaired) electrons. The van der Waals surface area contributed by atoms with Crippen molar-refractivity contribution in [3.63, 3.8) is 0 Å². The van der Waals surface area contributed by atoms with E-state index in [0.717, 1.165) is 32.6 Å². The van der Waals surface area contributed by atoms with Gasteiger partial charge in [0.25, 0.3) is 0 Å². The summed E-state index contributed by atoms with van der Waals surface area (Å²) < 4.78 is 58.9. The van der Waals surface area contributed by atoms with Gasteiger partial charge in [0.2, 0.25) is 10.0 Å². The summed E-state index contributed by atoms with van der Waals surface area (Å²) in [5.74, 6) is -2.38. The standard InChI is InChI=1S/C16H24N4O2S2.C2HF3O2/c1-13-3-4-16(23-13)12-19-9-14(5-8-18-24(2,21)22)10-20-15(11-19)6-7-17-20;3-2(4,5)1(6)7/h3-4,6-7,14,18H,5,8-12H2,1-2H3;(H,6,7). The van der Waals surface area contributed by atoms with Gasteiger partial charge in [0.1, 0.15) is 0 Å². The Morgan fingerprint density at radius 2 is 2.00 bits per heavy atom. The average molecular weight is 483 g/mol. The van der Waals surface area contributed by atoms with E-state index in [1.807, 2.05) is 17.5 Å². The molecule has 0 aromatic carbocycles. The molecule has 3 rings (SSSR count). The van der Waals surface area contributed by atoms with Gasteiger partial charge in [-0.3, -0.25) is 9.58 Å². The first-order valence-corrected chi connectivity index (χ1v) is 12.1. The van der Waals surface area contributed by atoms with Crippen molar-refractivity contribution >= 4 is 27.3 Å². The molecule has 1 atom stereocenters. The van der Waals surface area contributed by atoms with Gasteiger partial charge in [0, 0.05) is 48.7 Å². The number of hydrogen-bond donors (Lipinski definition) is 2. The van der Waals surface area contributed by atoms with Crippen LogP contribution in [0.1, 0.15) is 21.9 Å². The summed E-state index contributed by atoms with van der Waals surface area (Å²) in [6, 6.07) is 6.43. The lowest BCUT2D eigenvalue weighted by Crippen LogP contribution is -2.31. The number of carboxylic acids is 1. The summed E-state index contributed by atoms with van der Waals surface area (Å²) in [5.41, 5.74) is 1.22. The SMILES string of the molecule is Cc1ccc(CN2Cc3ccnn3CC(CCNS(C)(=O)=O)C2)s1.O=C(O)C(F)(F)F. The monoisotopic (exact) mass is 482 g/mol. The molecule has 0 saturated heterocycles. The number of sulfonamides is 1. The second-order valence-electron chi connectivity index (χ2n) is 7.31. The van der Waals surface area contributed by atoms with Crippen LogP contribution in [0, 0.1) is 12.8 Å². The minimum Gasteiger partial charge on any atom is -0.475 e. The van der Waals surface area contributed by atoms with Crippen LogP contribution in [0.3, 0.4) is 0 Å². The zero-order valence-corrected chi connectivity index (χ0v) is 18.7. The van der Waals surface area contributed by atoms with Gasteiger partial charge in [-0.05, 0) is 37.5 Å². The topological polar surface area (TPSA) is 105 Å². The molecule has 31 heavy (non-hydrogen) atoms. The molecule has 0 aliphatic carbocycles. The van der Waals surface area contributed by atoms with Crippen molar-refractivity contribution in [3.05, 3.63) is 39.8 Å². The van der Waals surface area contributed by atoms with Crippen LogP contribution in [-0.2, 0) is 34.5 Å². The fraction of sp³-hybridized carbons (Fsp3) is 0.556. The van der Waals surface area contributed by atoms with Crippen LogP contribution >= 0.6 is 11.3 Å². The van der Waals surface area contributed by atoms with Crippen LogP contribution in [0.4, 0.5) is 13.2 Å². The van der Waals surface area contributed by atoms with Gasteiger partial charge in [-0.2, -0.15) is 18.3 Å². The molecule has 13 heteroatoms. The lowest BCUT2D eigenvalue weighted by atomic mass is 10.1. The third-order valence-electron chi connectivity index (χ3n) is 4.47. The number of halogens is 3. The summed E-state index contributed by atoms with van der Waals surface area (Å²) in [7, 11) is -3.13. The summed E-state index contributed by atoms with van der Waals surface area (Å²) in [6.45, 7) is 6.21. The lowest BCUT2D eigenvalue weighted by molar-refractivity contribution is -0.192. The number of carbonyl (C=O) groups is 1. The van der Waals surface area contributed by atoms with Crippen LogP contribution in [0.25, 0.3) is 0 Å². The van der Waals surface area contributed by atoms with Gasteiger partial charge in [-0.1, -0.05) is 0 Å². The van der Waals surface area contributed by atoms with Crippen LogP contribution in [0.5, 0.6) is 0 Å². The number of aliphatic carboxylic acids is 1. The highest BCUT2D eigenvalue weighted by Crippen LogP contribution is 2.23. The molecule has 0 amide bonds. The van der Waals surface area contributed by atoms with Crippen LogP contribution in [0.2, 0.25) is 0 Å². The Morgan fingerprint density at radius 1 is 1.32 bits per heavy atom. The number of fused-ring (bicyclic) bond motifs is 1. The van der Waals surface area contributed by atoms with Crippen molar-refractivity contribution in [2.75, 3.05) is 19.3 Å². The fourth-order valence-corrected chi connectivity index (χ4v) is 4.58. The molecule has 1 unspecified atom stereocenters. The lowest BCUT2D eigenvalue weighted by Gasteiger charge is -2.23. The largest absolute Gasteiger partial charge is 0.490 e. The summed E-state index contributed by atoms with van der Waals surface area (Å²) in [5, 5.41) is 11.5. The maximum atomic E-state index is 11.3. The third-order valence-corrected chi connectivity index (χ3v) is 6.19. The molecule has 2 N–H and O–H groups in total. The van der Waals surface area contributed by atoms with Crippen molar-refractivity contribution < 1.29 is 31.5 Å². The zero-order valence-electron chi connectivity index (χ0n) is 17.1. The van der Waals surface area contributed by atoms with E-state index in [0.29, 0.717) is 12.5 Å². The van der Waals surface area contributed by atoms with Crippen molar-refractivity contribution in [3.8, 4) is 0 Å². The van der Waals surface area contributed by atoms with E-state index in [1.165, 1.54) is 21.7 Å². The predicted molar refractivity (Wildman–Crippen MR) is 110 cm³/mol. The smallest absolute Gasteiger partial charge is 0.475 e. The summed E-state index contributed by atoms with van der Waals surface area (Å²) >= 11 is 1.84. The van der Waals surface area contributed by atoms with E-state index in [1.54, 1.807) is 0 Å². The minimum atomic E-state index is -5.08. The maximum Gasteiger partial charge on any atom is 0.490 e. The molecule has 2 aromatic rings. The first-order chi connectivity index (χ1) is 14.3. The number of rotatable bonds is 6. The van der Waals surface area contributed by atoms with E-state index in [2.05, 4.69) is 44.5 Å².